The third kappa shape index (κ3) is 3.32. The molecule has 150 valence electrons. The molecule has 0 saturated carbocycles. The lowest BCUT2D eigenvalue weighted by Gasteiger charge is -2.36. The Kier molecular flexibility index (Phi) is 4.52. The predicted molar refractivity (Wildman–Crippen MR) is 100 cm³/mol. The van der Waals surface area contributed by atoms with Crippen LogP contribution in [0.15, 0.2) is 24.4 Å². The topological polar surface area (TPSA) is 115 Å². The molecule has 10 nitrogen and oxygen atoms in total. The monoisotopic (exact) mass is 407 g/mol. The minimum Gasteiger partial charge on any atom is -0.454 e. The lowest BCUT2D eigenvalue weighted by Crippen LogP contribution is -2.56. The van der Waals surface area contributed by atoms with E-state index < -0.39 is 28.2 Å². The average molecular weight is 407 g/mol. The average Bonchev–Trinajstić information content (AvgIpc) is 3.22. The van der Waals surface area contributed by atoms with Gasteiger partial charge in [0.15, 0.2) is 11.5 Å². The molecule has 1 fully saturated rings. The third-order valence-corrected chi connectivity index (χ3v) is 6.53. The summed E-state index contributed by atoms with van der Waals surface area (Å²) in [6, 6.07) is 3.62. The Morgan fingerprint density at radius 3 is 2.75 bits per heavy atom. The molecule has 0 aliphatic carbocycles. The third-order valence-electron chi connectivity index (χ3n) is 4.94. The van der Waals surface area contributed by atoms with Crippen molar-refractivity contribution < 1.29 is 22.7 Å². The van der Waals surface area contributed by atoms with Crippen LogP contribution in [0.25, 0.3) is 0 Å². The largest absolute Gasteiger partial charge is 0.454 e. The zero-order valence-corrected chi connectivity index (χ0v) is 16.5. The first kappa shape index (κ1) is 18.7. The molecule has 2 atom stereocenters. The fourth-order valence-electron chi connectivity index (χ4n) is 3.47. The van der Waals surface area contributed by atoms with Crippen LogP contribution in [0.2, 0.25) is 0 Å². The number of nitrogens with one attached hydrogen (secondary N) is 2. The van der Waals surface area contributed by atoms with E-state index in [-0.39, 0.29) is 13.2 Å². The van der Waals surface area contributed by atoms with Gasteiger partial charge in [-0.05, 0) is 25.5 Å². The van der Waals surface area contributed by atoms with Crippen LogP contribution in [0.3, 0.4) is 0 Å². The summed E-state index contributed by atoms with van der Waals surface area (Å²) in [6.07, 6.45) is 2.04. The quantitative estimate of drug-likeness (QED) is 0.773. The van der Waals surface area contributed by atoms with Crippen LogP contribution in [0.1, 0.15) is 23.7 Å². The number of likely N-dealkylation sites (N-methyl/N-ethyl adjacent to an activating group) is 1. The smallest absolute Gasteiger partial charge is 0.280 e. The Balaban J connectivity index is 1.57. The molecule has 2 aliphatic rings. The number of carbonyl (C=O) groups is 1. The standard InChI is InChI=1S/C17H21N5O5S/c1-10-12(8-21(2)19-10)13-7-14(22(3)28(24,25)20-13)17(23)18-11-4-5-15-16(6-11)27-9-26-15/h4-6,8,13-14,20H,7,9H2,1-3H3,(H,18,23)/t13-,14-/m1/s1. The number of nitrogens with zero attached hydrogens (tertiary/aromatic N) is 3. The number of rotatable bonds is 3. The van der Waals surface area contributed by atoms with Crippen LogP contribution in [0, 0.1) is 6.92 Å². The van der Waals surface area contributed by atoms with Crippen molar-refractivity contribution in [2.24, 2.45) is 7.05 Å². The summed E-state index contributed by atoms with van der Waals surface area (Å²) in [5, 5.41) is 7.04. The van der Waals surface area contributed by atoms with Gasteiger partial charge in [-0.2, -0.15) is 22.5 Å². The van der Waals surface area contributed by atoms with Gasteiger partial charge in [-0.25, -0.2) is 0 Å². The Morgan fingerprint density at radius 1 is 1.29 bits per heavy atom. The highest BCUT2D eigenvalue weighted by atomic mass is 32.2. The first-order chi connectivity index (χ1) is 13.2. The molecule has 3 heterocycles. The van der Waals surface area contributed by atoms with Gasteiger partial charge in [0.1, 0.15) is 6.04 Å². The SMILES string of the molecule is Cc1nn(C)cc1[C@H]1C[C@H](C(=O)Nc2ccc3c(c2)OCO3)N(C)S(=O)(=O)N1. The molecule has 11 heteroatoms. The zero-order chi connectivity index (χ0) is 20.1. The minimum atomic E-state index is -3.82. The van der Waals surface area contributed by atoms with Gasteiger partial charge in [-0.1, -0.05) is 0 Å². The summed E-state index contributed by atoms with van der Waals surface area (Å²) in [4.78, 5) is 12.9. The molecule has 28 heavy (non-hydrogen) atoms. The van der Waals surface area contributed by atoms with Crippen LogP contribution in [0.4, 0.5) is 5.69 Å². The van der Waals surface area contributed by atoms with Gasteiger partial charge in [-0.15, -0.1) is 0 Å². The second-order valence-electron chi connectivity index (χ2n) is 6.84. The number of aryl methyl sites for hydroxylation is 2. The molecule has 0 unspecified atom stereocenters. The first-order valence-corrected chi connectivity index (χ1v) is 10.1. The zero-order valence-electron chi connectivity index (χ0n) is 15.7. The fourth-order valence-corrected chi connectivity index (χ4v) is 4.74. The number of aromatic nitrogens is 2. The van der Waals surface area contributed by atoms with Gasteiger partial charge in [-0.3, -0.25) is 9.48 Å². The second-order valence-corrected chi connectivity index (χ2v) is 8.61. The number of hydrogen-bond acceptors (Lipinski definition) is 6. The molecule has 0 radical (unpaired) electrons. The minimum absolute atomic E-state index is 0.133. The van der Waals surface area contributed by atoms with Crippen LogP contribution in [-0.4, -0.2) is 48.3 Å². The van der Waals surface area contributed by atoms with Crippen molar-refractivity contribution in [3.8, 4) is 11.5 Å². The highest BCUT2D eigenvalue weighted by Crippen LogP contribution is 2.35. The van der Waals surface area contributed by atoms with Crippen molar-refractivity contribution in [1.29, 1.82) is 0 Å². The lowest BCUT2D eigenvalue weighted by atomic mass is 10.00. The van der Waals surface area contributed by atoms with Gasteiger partial charge in [0.05, 0.1) is 11.7 Å². The molecule has 1 aromatic heterocycles. The van der Waals surface area contributed by atoms with E-state index >= 15 is 0 Å². The van der Waals surface area contributed by atoms with Crippen molar-refractivity contribution in [1.82, 2.24) is 18.8 Å². The Morgan fingerprint density at radius 2 is 2.04 bits per heavy atom. The van der Waals surface area contributed by atoms with Crippen molar-refractivity contribution >= 4 is 21.8 Å². The normalized spacial score (nSPS) is 23.5. The van der Waals surface area contributed by atoms with E-state index in [4.69, 9.17) is 9.47 Å². The van der Waals surface area contributed by atoms with Gasteiger partial charge >= 0.3 is 0 Å². The molecule has 2 N–H and O–H groups in total. The first-order valence-electron chi connectivity index (χ1n) is 8.70. The van der Waals surface area contributed by atoms with Crippen LogP contribution in [0.5, 0.6) is 11.5 Å². The summed E-state index contributed by atoms with van der Waals surface area (Å²) in [7, 11) is -0.666. The number of carbonyl (C=O) groups excluding carboxylic acids is 1. The molecule has 4 rings (SSSR count). The Hall–Kier alpha value is -2.63. The molecule has 0 bridgehead atoms. The Bertz CT molecular complexity index is 1030. The second kappa shape index (κ2) is 6.76. The van der Waals surface area contributed by atoms with E-state index in [2.05, 4.69) is 15.1 Å². The molecule has 2 aliphatic heterocycles. The maximum Gasteiger partial charge on any atom is 0.280 e. The molecular formula is C17H21N5O5S. The van der Waals surface area contributed by atoms with Crippen LogP contribution >= 0.6 is 0 Å². The van der Waals surface area contributed by atoms with Crippen LogP contribution < -0.4 is 19.5 Å². The number of benzene rings is 1. The summed E-state index contributed by atoms with van der Waals surface area (Å²) < 4.78 is 41.0. The van der Waals surface area contributed by atoms with E-state index in [1.807, 2.05) is 6.92 Å². The van der Waals surface area contributed by atoms with Gasteiger partial charge in [0.25, 0.3) is 10.2 Å². The number of anilines is 1. The van der Waals surface area contributed by atoms with Gasteiger partial charge in [0.2, 0.25) is 12.7 Å². The molecule has 1 saturated heterocycles. The molecule has 2 aromatic rings. The lowest BCUT2D eigenvalue weighted by molar-refractivity contribution is -0.120. The van der Waals surface area contributed by atoms with Crippen LogP contribution in [-0.2, 0) is 22.1 Å². The number of hydrogen-bond donors (Lipinski definition) is 2. The number of fused-ring (bicyclic) bond motifs is 1. The number of ether oxygens (including phenoxy) is 2. The maximum atomic E-state index is 12.9. The predicted octanol–water partition coefficient (Wildman–Crippen LogP) is 0.676. The fraction of sp³-hybridized carbons (Fsp3) is 0.412. The maximum absolute atomic E-state index is 12.9. The van der Waals surface area contributed by atoms with Crippen molar-refractivity contribution in [2.75, 3.05) is 19.2 Å². The van der Waals surface area contributed by atoms with E-state index in [1.165, 1.54) is 7.05 Å². The van der Waals surface area contributed by atoms with E-state index in [1.54, 1.807) is 36.1 Å². The van der Waals surface area contributed by atoms with E-state index in [9.17, 15) is 13.2 Å². The van der Waals surface area contributed by atoms with E-state index in [0.29, 0.717) is 17.2 Å². The summed E-state index contributed by atoms with van der Waals surface area (Å²) >= 11 is 0. The molecule has 0 spiro atoms. The highest BCUT2D eigenvalue weighted by Gasteiger charge is 2.41. The molecule has 1 aromatic carbocycles. The summed E-state index contributed by atoms with van der Waals surface area (Å²) in [6.45, 7) is 1.94. The van der Waals surface area contributed by atoms with Crippen molar-refractivity contribution in [2.45, 2.75) is 25.4 Å². The van der Waals surface area contributed by atoms with Crippen molar-refractivity contribution in [3.63, 3.8) is 0 Å². The molecular weight excluding hydrogens is 386 g/mol. The summed E-state index contributed by atoms with van der Waals surface area (Å²) in [5.74, 6) is 0.720. The molecule has 1 amide bonds. The highest BCUT2D eigenvalue weighted by molar-refractivity contribution is 7.87. The van der Waals surface area contributed by atoms with Gasteiger partial charge in [0, 0.05) is 37.6 Å². The van der Waals surface area contributed by atoms with E-state index in [0.717, 1.165) is 15.6 Å². The summed E-state index contributed by atoms with van der Waals surface area (Å²) in [5.41, 5.74) is 1.97. The van der Waals surface area contributed by atoms with Crippen molar-refractivity contribution in [3.05, 3.63) is 35.7 Å². The van der Waals surface area contributed by atoms with Gasteiger partial charge < -0.3 is 14.8 Å². The number of amides is 1. The Labute approximate surface area is 162 Å².